The first-order valence-electron chi connectivity index (χ1n) is 7.48. The normalized spacial score (nSPS) is 18.0. The summed E-state index contributed by atoms with van der Waals surface area (Å²) in [5.74, 6) is 1.85. The molecule has 1 aliphatic heterocycles. The van der Waals surface area contributed by atoms with Crippen LogP contribution in [0.5, 0.6) is 0 Å². The highest BCUT2D eigenvalue weighted by Gasteiger charge is 2.42. The molecule has 6 heteroatoms. The van der Waals surface area contributed by atoms with E-state index in [2.05, 4.69) is 27.1 Å². The van der Waals surface area contributed by atoms with Crippen LogP contribution in [0.3, 0.4) is 0 Å². The van der Waals surface area contributed by atoms with Gasteiger partial charge >= 0.3 is 0 Å². The Morgan fingerprint density at radius 1 is 1.33 bits per heavy atom. The van der Waals surface area contributed by atoms with Crippen LogP contribution >= 0.6 is 0 Å². The predicted octanol–water partition coefficient (Wildman–Crippen LogP) is 1.53. The number of carbonyl (C=O) groups is 1. The predicted molar refractivity (Wildman–Crippen MR) is 84.6 cm³/mol. The van der Waals surface area contributed by atoms with Gasteiger partial charge in [0.1, 0.15) is 23.5 Å². The molecule has 0 saturated carbocycles. The van der Waals surface area contributed by atoms with Gasteiger partial charge in [0.25, 0.3) is 0 Å². The Morgan fingerprint density at radius 3 is 2.67 bits per heavy atom. The van der Waals surface area contributed by atoms with Crippen LogP contribution in [-0.2, 0) is 11.2 Å². The van der Waals surface area contributed by atoms with Gasteiger partial charge in [0, 0.05) is 32.7 Å². The van der Waals surface area contributed by atoms with Crippen LogP contribution in [0.4, 0.5) is 11.6 Å². The van der Waals surface area contributed by atoms with Crippen LogP contribution < -0.4 is 10.2 Å². The zero-order valence-electron chi connectivity index (χ0n) is 13.6. The topological polar surface area (TPSA) is 61.4 Å². The molecule has 0 aliphatic carbocycles. The van der Waals surface area contributed by atoms with Crippen molar-refractivity contribution in [1.29, 1.82) is 0 Å². The fourth-order valence-electron chi connectivity index (χ4n) is 2.92. The maximum absolute atomic E-state index is 12.5. The number of aromatic nitrogens is 2. The van der Waals surface area contributed by atoms with Crippen molar-refractivity contribution >= 4 is 17.5 Å². The monoisotopic (exact) mass is 291 g/mol. The molecule has 1 aromatic heterocycles. The Hall–Kier alpha value is -1.85. The second kappa shape index (κ2) is 5.87. The van der Waals surface area contributed by atoms with Gasteiger partial charge in [-0.3, -0.25) is 4.79 Å². The van der Waals surface area contributed by atoms with Gasteiger partial charge < -0.3 is 15.1 Å². The lowest BCUT2D eigenvalue weighted by molar-refractivity contribution is -0.136. The van der Waals surface area contributed by atoms with E-state index in [1.165, 1.54) is 0 Å². The third-order valence-electron chi connectivity index (χ3n) is 4.12. The van der Waals surface area contributed by atoms with Crippen molar-refractivity contribution in [3.63, 3.8) is 0 Å². The van der Waals surface area contributed by atoms with E-state index in [0.717, 1.165) is 36.6 Å². The van der Waals surface area contributed by atoms with Crippen LogP contribution in [0.15, 0.2) is 6.33 Å². The van der Waals surface area contributed by atoms with Gasteiger partial charge in [-0.15, -0.1) is 0 Å². The second-order valence-electron chi connectivity index (χ2n) is 5.96. The van der Waals surface area contributed by atoms with Crippen LogP contribution in [0.2, 0.25) is 0 Å². The minimum atomic E-state index is -0.588. The molecule has 2 heterocycles. The molecule has 0 atom stereocenters. The fraction of sp³-hybridized carbons (Fsp3) is 0.667. The minimum absolute atomic E-state index is 0.126. The standard InChI is InChI=1S/C15H25N5O/c1-6-7-11-12(16-4)17-10-18-13(11)20-9-8-19(5)14(21)15(20,2)3/h10H,6-9H2,1-5H3,(H,16,17,18). The fourth-order valence-corrected chi connectivity index (χ4v) is 2.92. The number of likely N-dealkylation sites (N-methyl/N-ethyl adjacent to an activating group) is 1. The quantitative estimate of drug-likeness (QED) is 0.911. The number of hydrogen-bond acceptors (Lipinski definition) is 5. The third-order valence-corrected chi connectivity index (χ3v) is 4.12. The first-order chi connectivity index (χ1) is 9.93. The highest BCUT2D eigenvalue weighted by molar-refractivity contribution is 5.90. The molecule has 2 rings (SSSR count). The Kier molecular flexibility index (Phi) is 4.34. The maximum atomic E-state index is 12.5. The number of rotatable bonds is 4. The largest absolute Gasteiger partial charge is 0.373 e. The highest BCUT2D eigenvalue weighted by atomic mass is 16.2. The second-order valence-corrected chi connectivity index (χ2v) is 5.96. The molecule has 0 radical (unpaired) electrons. The van der Waals surface area contributed by atoms with Gasteiger partial charge in [-0.05, 0) is 20.3 Å². The summed E-state index contributed by atoms with van der Waals surface area (Å²) in [4.78, 5) is 25.2. The summed E-state index contributed by atoms with van der Waals surface area (Å²) in [7, 11) is 3.72. The van der Waals surface area contributed by atoms with Crippen molar-refractivity contribution in [2.75, 3.05) is 37.4 Å². The van der Waals surface area contributed by atoms with E-state index in [9.17, 15) is 4.79 Å². The number of carbonyl (C=O) groups excluding carboxylic acids is 1. The molecule has 1 amide bonds. The number of nitrogens with one attached hydrogen (secondary N) is 1. The van der Waals surface area contributed by atoms with Gasteiger partial charge in [0.2, 0.25) is 5.91 Å². The molecule has 0 spiro atoms. The van der Waals surface area contributed by atoms with E-state index in [0.29, 0.717) is 6.54 Å². The SMILES string of the molecule is CCCc1c(NC)ncnc1N1CCN(C)C(=O)C1(C)C. The Bertz CT molecular complexity index is 529. The number of amides is 1. The molecule has 1 fully saturated rings. The van der Waals surface area contributed by atoms with Crippen molar-refractivity contribution < 1.29 is 4.79 Å². The zero-order chi connectivity index (χ0) is 15.6. The molecule has 6 nitrogen and oxygen atoms in total. The maximum Gasteiger partial charge on any atom is 0.247 e. The number of anilines is 2. The van der Waals surface area contributed by atoms with Gasteiger partial charge in [-0.25, -0.2) is 9.97 Å². The molecule has 1 aromatic rings. The molecule has 1 N–H and O–H groups in total. The molecule has 1 aliphatic rings. The van der Waals surface area contributed by atoms with Gasteiger partial charge in [-0.2, -0.15) is 0 Å². The Labute approximate surface area is 126 Å². The smallest absolute Gasteiger partial charge is 0.247 e. The van der Waals surface area contributed by atoms with E-state index in [-0.39, 0.29) is 5.91 Å². The van der Waals surface area contributed by atoms with Crippen LogP contribution in [0, 0.1) is 0 Å². The van der Waals surface area contributed by atoms with Crippen molar-refractivity contribution in [1.82, 2.24) is 14.9 Å². The summed E-state index contributed by atoms with van der Waals surface area (Å²) in [5, 5.41) is 3.13. The summed E-state index contributed by atoms with van der Waals surface area (Å²) in [5.41, 5.74) is 0.502. The molecule has 0 aromatic carbocycles. The van der Waals surface area contributed by atoms with Crippen LogP contribution in [0.1, 0.15) is 32.8 Å². The lowest BCUT2D eigenvalue weighted by Crippen LogP contribution is -2.62. The van der Waals surface area contributed by atoms with E-state index >= 15 is 0 Å². The molecule has 0 bridgehead atoms. The molecule has 116 valence electrons. The number of hydrogen-bond donors (Lipinski definition) is 1. The van der Waals surface area contributed by atoms with Crippen molar-refractivity contribution in [2.45, 2.75) is 39.2 Å². The van der Waals surface area contributed by atoms with E-state index in [1.54, 1.807) is 11.2 Å². The summed E-state index contributed by atoms with van der Waals surface area (Å²) < 4.78 is 0. The van der Waals surface area contributed by atoms with Crippen LogP contribution in [0.25, 0.3) is 0 Å². The first kappa shape index (κ1) is 15.5. The summed E-state index contributed by atoms with van der Waals surface area (Å²) >= 11 is 0. The molecule has 21 heavy (non-hydrogen) atoms. The summed E-state index contributed by atoms with van der Waals surface area (Å²) in [6.45, 7) is 7.55. The van der Waals surface area contributed by atoms with Gasteiger partial charge in [-0.1, -0.05) is 13.3 Å². The lowest BCUT2D eigenvalue weighted by atomic mass is 9.96. The third kappa shape index (κ3) is 2.66. The van der Waals surface area contributed by atoms with Crippen molar-refractivity contribution in [3.05, 3.63) is 11.9 Å². The number of nitrogens with zero attached hydrogens (tertiary/aromatic N) is 4. The van der Waals surface area contributed by atoms with Crippen molar-refractivity contribution in [3.8, 4) is 0 Å². The molecule has 0 unspecified atom stereocenters. The average Bonchev–Trinajstić information content (AvgIpc) is 2.46. The van der Waals surface area contributed by atoms with E-state index in [1.807, 2.05) is 27.9 Å². The zero-order valence-corrected chi connectivity index (χ0v) is 13.6. The van der Waals surface area contributed by atoms with Gasteiger partial charge in [0.15, 0.2) is 0 Å². The summed E-state index contributed by atoms with van der Waals surface area (Å²) in [6.07, 6.45) is 3.47. The number of piperazine rings is 1. The van der Waals surface area contributed by atoms with Crippen molar-refractivity contribution in [2.24, 2.45) is 0 Å². The lowest BCUT2D eigenvalue weighted by Gasteiger charge is -2.46. The molecular formula is C15H25N5O. The van der Waals surface area contributed by atoms with E-state index < -0.39 is 5.54 Å². The average molecular weight is 291 g/mol. The highest BCUT2D eigenvalue weighted by Crippen LogP contribution is 2.32. The Balaban J connectivity index is 2.48. The first-order valence-corrected chi connectivity index (χ1v) is 7.48. The van der Waals surface area contributed by atoms with E-state index in [4.69, 9.17) is 0 Å². The molecular weight excluding hydrogens is 266 g/mol. The minimum Gasteiger partial charge on any atom is -0.373 e. The Morgan fingerprint density at radius 2 is 2.05 bits per heavy atom. The van der Waals surface area contributed by atoms with Gasteiger partial charge in [0.05, 0.1) is 0 Å². The van der Waals surface area contributed by atoms with Crippen LogP contribution in [-0.4, -0.2) is 53.5 Å². The molecule has 1 saturated heterocycles. The summed E-state index contributed by atoms with van der Waals surface area (Å²) in [6, 6.07) is 0.